The second-order valence-corrected chi connectivity index (χ2v) is 12.7. The number of hydrogen-bond acceptors (Lipinski definition) is 9. The van der Waals surface area contributed by atoms with Crippen molar-refractivity contribution in [3.8, 4) is 28.6 Å². The number of rotatable bonds is 10. The molecule has 0 saturated heterocycles. The number of methoxy groups -OCH3 is 3. The first-order valence-electron chi connectivity index (χ1n) is 13.0. The van der Waals surface area contributed by atoms with Crippen LogP contribution >= 0.6 is 0 Å². The second-order valence-electron chi connectivity index (χ2n) is 10.6. The van der Waals surface area contributed by atoms with Gasteiger partial charge in [-0.3, -0.25) is 9.29 Å². The molecule has 0 saturated carbocycles. The van der Waals surface area contributed by atoms with Gasteiger partial charge in [-0.05, 0) is 42.5 Å². The van der Waals surface area contributed by atoms with E-state index in [0.717, 1.165) is 16.7 Å². The number of nitrogens with one attached hydrogen (secondary N) is 1. The second kappa shape index (κ2) is 11.8. The van der Waals surface area contributed by atoms with E-state index in [1.54, 1.807) is 35.2 Å². The molecule has 4 rings (SSSR count). The maximum Gasteiger partial charge on any atom is 0.243 e. The lowest BCUT2D eigenvalue weighted by Gasteiger charge is -2.23. The summed E-state index contributed by atoms with van der Waals surface area (Å²) in [4.78, 5) is 8.55. The minimum atomic E-state index is -4.11. The van der Waals surface area contributed by atoms with Gasteiger partial charge in [-0.2, -0.15) is 0 Å². The van der Waals surface area contributed by atoms with E-state index in [-0.39, 0.29) is 17.2 Å². The molecule has 0 fully saturated rings. The predicted octanol–water partition coefficient (Wildman–Crippen LogP) is 4.87. The van der Waals surface area contributed by atoms with E-state index in [4.69, 9.17) is 14.2 Å². The van der Waals surface area contributed by atoms with Gasteiger partial charge in [0.1, 0.15) is 28.5 Å². The van der Waals surface area contributed by atoms with Gasteiger partial charge in [0, 0.05) is 25.1 Å². The first-order valence-corrected chi connectivity index (χ1v) is 14.6. The fourth-order valence-corrected chi connectivity index (χ4v) is 5.49. The molecule has 0 aliphatic heterocycles. The summed E-state index contributed by atoms with van der Waals surface area (Å²) in [5.41, 5.74) is 3.10. The Hall–Kier alpha value is -4.03. The molecule has 2 atom stereocenters. The Morgan fingerprint density at radius 2 is 1.49 bits per heavy atom. The van der Waals surface area contributed by atoms with Crippen LogP contribution in [0.2, 0.25) is 0 Å². The number of benzene rings is 2. The van der Waals surface area contributed by atoms with E-state index in [1.165, 1.54) is 28.3 Å². The lowest BCUT2D eigenvalue weighted by atomic mass is 9.87. The fraction of sp³-hybridized carbons (Fsp3) is 0.379. The van der Waals surface area contributed by atoms with Gasteiger partial charge in [-0.25, -0.2) is 18.4 Å². The number of hydrogen-bond donors (Lipinski definition) is 1. The fourth-order valence-electron chi connectivity index (χ4n) is 4.36. The van der Waals surface area contributed by atoms with Gasteiger partial charge in [0.15, 0.2) is 11.6 Å². The highest BCUT2D eigenvalue weighted by molar-refractivity contribution is 7.93. The van der Waals surface area contributed by atoms with Crippen LogP contribution in [0.5, 0.6) is 11.5 Å². The molecule has 0 aliphatic carbocycles. The normalized spacial score (nSPS) is 13.5. The quantitative estimate of drug-likeness (QED) is 0.279. The number of anilines is 1. The summed E-state index contributed by atoms with van der Waals surface area (Å²) in [5, 5.41) is 7.58. The molecule has 12 heteroatoms. The van der Waals surface area contributed by atoms with E-state index in [2.05, 4.69) is 45.7 Å². The molecule has 11 nitrogen and oxygen atoms in total. The van der Waals surface area contributed by atoms with E-state index in [1.807, 2.05) is 31.2 Å². The molecule has 2 aromatic carbocycles. The van der Waals surface area contributed by atoms with Crippen molar-refractivity contribution in [2.24, 2.45) is 0 Å². The van der Waals surface area contributed by atoms with Crippen LogP contribution in [-0.4, -0.2) is 59.7 Å². The van der Waals surface area contributed by atoms with Gasteiger partial charge in [-0.1, -0.05) is 51.1 Å². The predicted molar refractivity (Wildman–Crippen MR) is 157 cm³/mol. The summed E-state index contributed by atoms with van der Waals surface area (Å²) in [6, 6.07) is 13.2. The minimum Gasteiger partial charge on any atom is -0.494 e. The molecular weight excluding hydrogens is 544 g/mol. The molecule has 0 bridgehead atoms. The highest BCUT2D eigenvalue weighted by Gasteiger charge is 2.35. The third-order valence-corrected chi connectivity index (χ3v) is 8.45. The largest absolute Gasteiger partial charge is 0.494 e. The molecule has 2 aromatic heterocycles. The molecule has 0 radical (unpaired) electrons. The molecule has 4 aromatic rings. The number of sulfonamides is 1. The summed E-state index contributed by atoms with van der Waals surface area (Å²) < 4.78 is 48.5. The monoisotopic (exact) mass is 580 g/mol. The van der Waals surface area contributed by atoms with Crippen molar-refractivity contribution in [3.05, 3.63) is 71.8 Å². The van der Waals surface area contributed by atoms with Gasteiger partial charge < -0.3 is 14.2 Å². The van der Waals surface area contributed by atoms with Gasteiger partial charge in [0.25, 0.3) is 0 Å². The van der Waals surface area contributed by atoms with Crippen molar-refractivity contribution in [1.82, 2.24) is 24.7 Å². The average molecular weight is 581 g/mol. The molecule has 0 aliphatic rings. The van der Waals surface area contributed by atoms with Crippen molar-refractivity contribution in [1.29, 1.82) is 0 Å². The molecule has 0 amide bonds. The van der Waals surface area contributed by atoms with Crippen LogP contribution in [0.1, 0.15) is 50.8 Å². The van der Waals surface area contributed by atoms with Crippen molar-refractivity contribution >= 4 is 16.0 Å². The highest BCUT2D eigenvalue weighted by Crippen LogP contribution is 2.38. The number of nitrogens with zero attached hydrogens (tertiary/aromatic N) is 5. The van der Waals surface area contributed by atoms with Crippen molar-refractivity contribution in [2.45, 2.75) is 51.4 Å². The summed E-state index contributed by atoms with van der Waals surface area (Å²) in [7, 11) is 0.360. The number of aromatic nitrogens is 5. The van der Waals surface area contributed by atoms with E-state index >= 15 is 0 Å². The average Bonchev–Trinajstić information content (AvgIpc) is 3.35. The summed E-state index contributed by atoms with van der Waals surface area (Å²) in [6.45, 7) is 9.77. The van der Waals surface area contributed by atoms with Gasteiger partial charge in [0.05, 0.1) is 14.2 Å². The smallest absolute Gasteiger partial charge is 0.243 e. The Kier molecular flexibility index (Phi) is 8.64. The molecule has 41 heavy (non-hydrogen) atoms. The summed E-state index contributed by atoms with van der Waals surface area (Å²) >= 11 is 0. The zero-order chi connectivity index (χ0) is 29.9. The lowest BCUT2D eigenvalue weighted by Crippen LogP contribution is -2.33. The summed E-state index contributed by atoms with van der Waals surface area (Å²) in [6.07, 6.45) is 2.29. The lowest BCUT2D eigenvalue weighted by molar-refractivity contribution is 0.0949. The Morgan fingerprint density at radius 3 is 2.00 bits per heavy atom. The van der Waals surface area contributed by atoms with Crippen LogP contribution in [0.4, 0.5) is 5.95 Å². The van der Waals surface area contributed by atoms with Gasteiger partial charge >= 0.3 is 0 Å². The SMILES string of the molecule is COc1cccc(OC)c1-n1c(NS(=O)(=O)[C@@H](C)[C@H](OC)c2ncc(C)cn2)nnc1-c1ccc(C(C)(C)C)cc1. The Balaban J connectivity index is 1.84. The molecule has 1 N–H and O–H groups in total. The van der Waals surface area contributed by atoms with Crippen LogP contribution in [-0.2, 0) is 20.2 Å². The number of para-hydroxylation sites is 1. The van der Waals surface area contributed by atoms with Crippen molar-refractivity contribution in [3.63, 3.8) is 0 Å². The maximum absolute atomic E-state index is 13.7. The third kappa shape index (κ3) is 6.18. The molecule has 218 valence electrons. The molecule has 0 spiro atoms. The van der Waals surface area contributed by atoms with Crippen LogP contribution < -0.4 is 14.2 Å². The van der Waals surface area contributed by atoms with Crippen molar-refractivity contribution in [2.75, 3.05) is 26.1 Å². The molecule has 0 unspecified atom stereocenters. The topological polar surface area (TPSA) is 130 Å². The zero-order valence-corrected chi connectivity index (χ0v) is 25.4. The maximum atomic E-state index is 13.7. The van der Waals surface area contributed by atoms with Crippen LogP contribution in [0.3, 0.4) is 0 Å². The van der Waals surface area contributed by atoms with Gasteiger partial charge in [-0.15, -0.1) is 10.2 Å². The van der Waals surface area contributed by atoms with Crippen LogP contribution in [0.15, 0.2) is 54.9 Å². The van der Waals surface area contributed by atoms with Gasteiger partial charge in [0.2, 0.25) is 16.0 Å². The molecule has 2 heterocycles. The van der Waals surface area contributed by atoms with Crippen molar-refractivity contribution < 1.29 is 22.6 Å². The Labute approximate surface area is 241 Å². The van der Waals surface area contributed by atoms with Crippen LogP contribution in [0.25, 0.3) is 17.1 Å². The third-order valence-electron chi connectivity index (χ3n) is 6.76. The number of ether oxygens (including phenoxy) is 3. The minimum absolute atomic E-state index is 0.0470. The zero-order valence-electron chi connectivity index (χ0n) is 24.5. The molecular formula is C29H36N6O5S. The van der Waals surface area contributed by atoms with E-state index in [0.29, 0.717) is 23.0 Å². The van der Waals surface area contributed by atoms with E-state index in [9.17, 15) is 8.42 Å². The standard InChI is InChI=1S/C29H36N6O5S/c1-18-16-30-26(31-17-18)25(40-8)19(2)41(36,37)34-28-33-32-27(20-12-14-21(15-13-20)29(3,4)5)35(28)24-22(38-6)10-9-11-23(24)39-7/h9-17,19,25H,1-8H3,(H,33,34)/t19-,25-/m0/s1. The summed E-state index contributed by atoms with van der Waals surface area (Å²) in [5.74, 6) is 1.47. The first-order chi connectivity index (χ1) is 19.4. The Bertz CT molecular complexity index is 1570. The number of aryl methyl sites for hydroxylation is 1. The first kappa shape index (κ1) is 29.9. The Morgan fingerprint density at radius 1 is 0.902 bits per heavy atom. The van der Waals surface area contributed by atoms with Crippen LogP contribution in [0, 0.1) is 6.92 Å². The van der Waals surface area contributed by atoms with E-state index < -0.39 is 21.4 Å². The highest BCUT2D eigenvalue weighted by atomic mass is 32.2.